The van der Waals surface area contributed by atoms with E-state index in [4.69, 9.17) is 9.47 Å². The SMILES string of the molecule is COC(=O)c1cc(/C=C/C(=O)N2CCCC([Se]c3ccccc3)C2=O)ccc1OC. The first kappa shape index (κ1) is 21.8. The molecule has 0 N–H and O–H groups in total. The van der Waals surface area contributed by atoms with Crippen molar-refractivity contribution in [2.45, 2.75) is 17.7 Å². The number of benzene rings is 2. The third-order valence-corrected chi connectivity index (χ3v) is 7.38. The molecule has 6 nitrogen and oxygen atoms in total. The zero-order chi connectivity index (χ0) is 21.5. The van der Waals surface area contributed by atoms with E-state index >= 15 is 0 Å². The minimum atomic E-state index is -0.523. The van der Waals surface area contributed by atoms with Crippen molar-refractivity contribution in [3.63, 3.8) is 0 Å². The Balaban J connectivity index is 1.71. The van der Waals surface area contributed by atoms with Crippen molar-refractivity contribution in [2.24, 2.45) is 0 Å². The van der Waals surface area contributed by atoms with Crippen molar-refractivity contribution in [3.8, 4) is 5.75 Å². The Morgan fingerprint density at radius 1 is 1.13 bits per heavy atom. The average molecular weight is 472 g/mol. The predicted molar refractivity (Wildman–Crippen MR) is 115 cm³/mol. The second kappa shape index (κ2) is 10.2. The molecule has 2 aromatic rings. The first-order chi connectivity index (χ1) is 14.5. The zero-order valence-corrected chi connectivity index (χ0v) is 18.6. The third kappa shape index (κ3) is 5.17. The molecule has 1 aliphatic rings. The number of carbonyl (C=O) groups excluding carboxylic acids is 3. The Bertz CT molecular complexity index is 957. The van der Waals surface area contributed by atoms with Gasteiger partial charge in [-0.3, -0.25) is 0 Å². The van der Waals surface area contributed by atoms with Gasteiger partial charge in [-0.2, -0.15) is 0 Å². The van der Waals surface area contributed by atoms with E-state index in [2.05, 4.69) is 0 Å². The van der Waals surface area contributed by atoms with E-state index in [-0.39, 0.29) is 37.2 Å². The number of carbonyl (C=O) groups is 3. The van der Waals surface area contributed by atoms with E-state index in [1.165, 1.54) is 25.2 Å². The van der Waals surface area contributed by atoms with Crippen LogP contribution in [-0.2, 0) is 14.3 Å². The molecule has 156 valence electrons. The number of esters is 1. The molecule has 0 aliphatic carbocycles. The molecular formula is C23H23NO5Se. The summed E-state index contributed by atoms with van der Waals surface area (Å²) in [5.74, 6) is -0.582. The summed E-state index contributed by atoms with van der Waals surface area (Å²) in [5, 5.41) is 0. The van der Waals surface area contributed by atoms with Gasteiger partial charge < -0.3 is 0 Å². The van der Waals surface area contributed by atoms with E-state index in [0.29, 0.717) is 17.9 Å². The number of imide groups is 1. The molecule has 1 saturated heterocycles. The zero-order valence-electron chi connectivity index (χ0n) is 16.9. The number of methoxy groups -OCH3 is 2. The fraction of sp³-hybridized carbons (Fsp3) is 0.261. The predicted octanol–water partition coefficient (Wildman–Crippen LogP) is 2.46. The molecule has 1 atom stereocenters. The number of likely N-dealkylation sites (tertiary alicyclic amines) is 1. The topological polar surface area (TPSA) is 72.9 Å². The van der Waals surface area contributed by atoms with Gasteiger partial charge in [0.15, 0.2) is 0 Å². The van der Waals surface area contributed by atoms with Gasteiger partial charge in [0.2, 0.25) is 0 Å². The molecule has 2 amide bonds. The number of amides is 2. The van der Waals surface area contributed by atoms with Gasteiger partial charge in [0, 0.05) is 0 Å². The Morgan fingerprint density at radius 3 is 2.60 bits per heavy atom. The first-order valence-corrected chi connectivity index (χ1v) is 11.4. The van der Waals surface area contributed by atoms with Crippen molar-refractivity contribution >= 4 is 43.3 Å². The van der Waals surface area contributed by atoms with Crippen LogP contribution in [0.1, 0.15) is 28.8 Å². The quantitative estimate of drug-likeness (QED) is 0.367. The van der Waals surface area contributed by atoms with E-state index in [9.17, 15) is 14.4 Å². The summed E-state index contributed by atoms with van der Waals surface area (Å²) in [4.78, 5) is 38.7. The second-order valence-electron chi connectivity index (χ2n) is 6.67. The van der Waals surface area contributed by atoms with Crippen molar-refractivity contribution in [1.82, 2.24) is 4.90 Å². The van der Waals surface area contributed by atoms with Crippen molar-refractivity contribution in [2.75, 3.05) is 20.8 Å². The number of ether oxygens (including phenoxy) is 2. The normalized spacial score (nSPS) is 16.5. The van der Waals surface area contributed by atoms with E-state index < -0.39 is 5.97 Å². The Labute approximate surface area is 182 Å². The van der Waals surface area contributed by atoms with Crippen molar-refractivity contribution in [1.29, 1.82) is 0 Å². The van der Waals surface area contributed by atoms with Crippen LogP contribution in [0.4, 0.5) is 0 Å². The maximum absolute atomic E-state index is 12.9. The molecule has 0 bridgehead atoms. The van der Waals surface area contributed by atoms with Crippen LogP contribution in [0.2, 0.25) is 4.82 Å². The number of piperidine rings is 1. The third-order valence-electron chi connectivity index (χ3n) is 4.72. The molecule has 1 aliphatic heterocycles. The summed E-state index contributed by atoms with van der Waals surface area (Å²) >= 11 is -0.00753. The molecule has 0 radical (unpaired) electrons. The van der Waals surface area contributed by atoms with Crippen LogP contribution in [0.5, 0.6) is 5.75 Å². The van der Waals surface area contributed by atoms with Gasteiger partial charge in [-0.1, -0.05) is 0 Å². The van der Waals surface area contributed by atoms with Gasteiger partial charge >= 0.3 is 182 Å². The fourth-order valence-corrected chi connectivity index (χ4v) is 5.61. The summed E-state index contributed by atoms with van der Waals surface area (Å²) in [7, 11) is 2.76. The number of hydrogen-bond donors (Lipinski definition) is 0. The molecular weight excluding hydrogens is 449 g/mol. The number of hydrogen-bond acceptors (Lipinski definition) is 5. The monoisotopic (exact) mass is 473 g/mol. The molecule has 0 aromatic heterocycles. The van der Waals surface area contributed by atoms with Crippen LogP contribution >= 0.6 is 0 Å². The summed E-state index contributed by atoms with van der Waals surface area (Å²) in [6.45, 7) is 0.430. The number of nitrogens with zero attached hydrogens (tertiary/aromatic N) is 1. The van der Waals surface area contributed by atoms with Gasteiger partial charge in [-0.15, -0.1) is 0 Å². The summed E-state index contributed by atoms with van der Waals surface area (Å²) in [6.07, 6.45) is 4.58. The van der Waals surface area contributed by atoms with Crippen LogP contribution in [0.3, 0.4) is 0 Å². The molecule has 0 spiro atoms. The van der Waals surface area contributed by atoms with Gasteiger partial charge in [0.05, 0.1) is 0 Å². The van der Waals surface area contributed by atoms with E-state index in [0.717, 1.165) is 17.3 Å². The molecule has 0 saturated carbocycles. The molecule has 1 unspecified atom stereocenters. The molecule has 30 heavy (non-hydrogen) atoms. The van der Waals surface area contributed by atoms with E-state index in [1.807, 2.05) is 30.3 Å². The van der Waals surface area contributed by atoms with Gasteiger partial charge in [-0.05, 0) is 0 Å². The maximum atomic E-state index is 12.9. The van der Waals surface area contributed by atoms with Crippen LogP contribution in [-0.4, -0.2) is 58.4 Å². The molecule has 1 fully saturated rings. The molecule has 7 heteroatoms. The standard InChI is InChI=1S/C23H23NO5Se/c1-28-19-12-10-16(15-18(19)23(27)29-2)11-13-21(25)24-14-6-9-20(22(24)26)30-17-7-4-3-5-8-17/h3-5,7-8,10-13,15,20H,6,9,14H2,1-2H3/b13-11+. The average Bonchev–Trinajstić information content (AvgIpc) is 2.78. The summed E-state index contributed by atoms with van der Waals surface area (Å²) in [6, 6.07) is 14.9. The second-order valence-corrected chi connectivity index (χ2v) is 9.35. The van der Waals surface area contributed by atoms with Crippen LogP contribution in [0.25, 0.3) is 6.08 Å². The van der Waals surface area contributed by atoms with Crippen LogP contribution in [0.15, 0.2) is 54.6 Å². The summed E-state index contributed by atoms with van der Waals surface area (Å²) < 4.78 is 11.1. The van der Waals surface area contributed by atoms with Gasteiger partial charge in [0.1, 0.15) is 0 Å². The van der Waals surface area contributed by atoms with Crippen molar-refractivity contribution in [3.05, 3.63) is 65.7 Å². The molecule has 2 aromatic carbocycles. The van der Waals surface area contributed by atoms with Crippen LogP contribution < -0.4 is 9.20 Å². The van der Waals surface area contributed by atoms with Gasteiger partial charge in [0.25, 0.3) is 0 Å². The van der Waals surface area contributed by atoms with Crippen molar-refractivity contribution < 1.29 is 23.9 Å². The Hall–Kier alpha value is -2.89. The summed E-state index contributed by atoms with van der Waals surface area (Å²) in [5.41, 5.74) is 0.910. The van der Waals surface area contributed by atoms with Gasteiger partial charge in [-0.25, -0.2) is 0 Å². The fourth-order valence-electron chi connectivity index (χ4n) is 3.19. The first-order valence-electron chi connectivity index (χ1n) is 9.55. The van der Waals surface area contributed by atoms with E-state index in [1.54, 1.807) is 24.3 Å². The number of rotatable bonds is 6. The molecule has 3 rings (SSSR count). The Morgan fingerprint density at radius 2 is 1.90 bits per heavy atom. The van der Waals surface area contributed by atoms with Crippen LogP contribution in [0, 0.1) is 0 Å². The molecule has 1 heterocycles. The Kier molecular flexibility index (Phi) is 7.44. The minimum absolute atomic E-state index is 0.00753.